The van der Waals surface area contributed by atoms with Gasteiger partial charge >= 0.3 is 6.18 Å². The third kappa shape index (κ3) is 5.55. The molecule has 2 aromatic carbocycles. The van der Waals surface area contributed by atoms with Gasteiger partial charge in [-0.05, 0) is 42.3 Å². The molecule has 0 unspecified atom stereocenters. The largest absolute Gasteiger partial charge is 0.493 e. The first-order chi connectivity index (χ1) is 13.3. The Morgan fingerprint density at radius 3 is 2.39 bits per heavy atom. The minimum absolute atomic E-state index is 0.0239. The Bertz CT molecular complexity index is 808. The summed E-state index contributed by atoms with van der Waals surface area (Å²) in [5.41, 5.74) is -0.0188. The molecule has 2 aromatic rings. The van der Waals surface area contributed by atoms with E-state index in [1.165, 1.54) is 26.4 Å². The van der Waals surface area contributed by atoms with Gasteiger partial charge < -0.3 is 19.5 Å². The highest BCUT2D eigenvalue weighted by Gasteiger charge is 2.30. The second kappa shape index (κ2) is 9.34. The molecule has 0 heterocycles. The van der Waals surface area contributed by atoms with E-state index in [0.717, 1.165) is 17.7 Å². The zero-order valence-electron chi connectivity index (χ0n) is 15.8. The first-order valence-electron chi connectivity index (χ1n) is 8.59. The minimum atomic E-state index is -4.47. The molecule has 1 amide bonds. The third-order valence-corrected chi connectivity index (χ3v) is 4.08. The van der Waals surface area contributed by atoms with Crippen LogP contribution in [0, 0.1) is 0 Å². The van der Waals surface area contributed by atoms with Crippen molar-refractivity contribution in [1.82, 2.24) is 5.32 Å². The number of hydrogen-bond acceptors (Lipinski definition) is 4. The van der Waals surface area contributed by atoms with Gasteiger partial charge in [-0.2, -0.15) is 13.2 Å². The molecule has 0 aliphatic rings. The fourth-order valence-corrected chi connectivity index (χ4v) is 2.64. The molecule has 0 aromatic heterocycles. The van der Waals surface area contributed by atoms with E-state index in [2.05, 4.69) is 5.32 Å². The summed E-state index contributed by atoms with van der Waals surface area (Å²) < 4.78 is 53.9. The Morgan fingerprint density at radius 1 is 1.07 bits per heavy atom. The standard InChI is InChI=1S/C20H22F3NO4/c1-4-16(13-8-9-17(26-2)18(10-13)27-3)24-19(25)12-28-15-7-5-6-14(11-15)20(21,22)23/h5-11,16H,4,12H2,1-3H3,(H,24,25)/t16-/m1/s1. The maximum atomic E-state index is 12.7. The smallest absolute Gasteiger partial charge is 0.416 e. The maximum Gasteiger partial charge on any atom is 0.416 e. The first kappa shape index (κ1) is 21.4. The van der Waals surface area contributed by atoms with Crippen molar-refractivity contribution in [1.29, 1.82) is 0 Å². The topological polar surface area (TPSA) is 56.8 Å². The van der Waals surface area contributed by atoms with Crippen LogP contribution in [0.15, 0.2) is 42.5 Å². The van der Waals surface area contributed by atoms with E-state index in [9.17, 15) is 18.0 Å². The van der Waals surface area contributed by atoms with Crippen LogP contribution in [0.2, 0.25) is 0 Å². The number of methoxy groups -OCH3 is 2. The SMILES string of the molecule is CC[C@@H](NC(=O)COc1cccc(C(F)(F)F)c1)c1ccc(OC)c(OC)c1. The number of benzene rings is 2. The Labute approximate surface area is 161 Å². The summed E-state index contributed by atoms with van der Waals surface area (Å²) in [6, 6.07) is 9.41. The summed E-state index contributed by atoms with van der Waals surface area (Å²) in [4.78, 5) is 12.2. The summed E-state index contributed by atoms with van der Waals surface area (Å²) in [7, 11) is 3.05. The first-order valence-corrected chi connectivity index (χ1v) is 8.59. The van der Waals surface area contributed by atoms with Crippen molar-refractivity contribution in [2.24, 2.45) is 0 Å². The number of carbonyl (C=O) groups excluding carboxylic acids is 1. The normalized spacial score (nSPS) is 12.2. The van der Waals surface area contributed by atoms with E-state index in [4.69, 9.17) is 14.2 Å². The summed E-state index contributed by atoms with van der Waals surface area (Å²) in [6.07, 6.45) is -3.87. The summed E-state index contributed by atoms with van der Waals surface area (Å²) in [6.45, 7) is 1.50. The van der Waals surface area contributed by atoms with E-state index in [1.54, 1.807) is 12.1 Å². The average Bonchev–Trinajstić information content (AvgIpc) is 2.69. The monoisotopic (exact) mass is 397 g/mol. The van der Waals surface area contributed by atoms with E-state index >= 15 is 0 Å². The van der Waals surface area contributed by atoms with E-state index < -0.39 is 24.3 Å². The van der Waals surface area contributed by atoms with Crippen molar-refractivity contribution in [2.45, 2.75) is 25.6 Å². The Hall–Kier alpha value is -2.90. The minimum Gasteiger partial charge on any atom is -0.493 e. The van der Waals surface area contributed by atoms with Crippen molar-refractivity contribution in [3.8, 4) is 17.2 Å². The molecule has 0 radical (unpaired) electrons. The molecule has 8 heteroatoms. The molecule has 0 fully saturated rings. The van der Waals surface area contributed by atoms with Crippen LogP contribution in [0.25, 0.3) is 0 Å². The molecular formula is C20H22F3NO4. The van der Waals surface area contributed by atoms with Gasteiger partial charge in [-0.25, -0.2) is 0 Å². The van der Waals surface area contributed by atoms with Crippen LogP contribution in [-0.4, -0.2) is 26.7 Å². The highest BCUT2D eigenvalue weighted by atomic mass is 19.4. The van der Waals surface area contributed by atoms with Crippen LogP contribution in [0.3, 0.4) is 0 Å². The molecule has 5 nitrogen and oxygen atoms in total. The van der Waals surface area contributed by atoms with E-state index in [-0.39, 0.29) is 11.8 Å². The number of ether oxygens (including phenoxy) is 3. The van der Waals surface area contributed by atoms with E-state index in [0.29, 0.717) is 17.9 Å². The lowest BCUT2D eigenvalue weighted by Crippen LogP contribution is -2.32. The van der Waals surface area contributed by atoms with Gasteiger partial charge in [0.25, 0.3) is 5.91 Å². The van der Waals surface area contributed by atoms with Crippen molar-refractivity contribution >= 4 is 5.91 Å². The molecule has 0 aliphatic carbocycles. The average molecular weight is 397 g/mol. The molecule has 0 saturated heterocycles. The molecule has 1 N–H and O–H groups in total. The van der Waals surface area contributed by atoms with Gasteiger partial charge in [0, 0.05) is 0 Å². The van der Waals surface area contributed by atoms with Crippen LogP contribution >= 0.6 is 0 Å². The molecule has 28 heavy (non-hydrogen) atoms. The highest BCUT2D eigenvalue weighted by molar-refractivity contribution is 5.78. The predicted molar refractivity (Wildman–Crippen MR) is 97.7 cm³/mol. The van der Waals surface area contributed by atoms with Crippen LogP contribution in [0.5, 0.6) is 17.2 Å². The lowest BCUT2D eigenvalue weighted by atomic mass is 10.0. The van der Waals surface area contributed by atoms with Crippen LogP contribution < -0.4 is 19.5 Å². The maximum absolute atomic E-state index is 12.7. The number of rotatable bonds is 8. The van der Waals surface area contributed by atoms with Crippen LogP contribution in [-0.2, 0) is 11.0 Å². The van der Waals surface area contributed by atoms with Crippen molar-refractivity contribution < 1.29 is 32.2 Å². The second-order valence-electron chi connectivity index (χ2n) is 5.96. The lowest BCUT2D eigenvalue weighted by Gasteiger charge is -2.19. The van der Waals surface area contributed by atoms with Gasteiger partial charge in [0.2, 0.25) is 0 Å². The Morgan fingerprint density at radius 2 is 1.79 bits per heavy atom. The summed E-state index contributed by atoms with van der Waals surface area (Å²) in [5.74, 6) is 0.636. The number of nitrogens with one attached hydrogen (secondary N) is 1. The molecule has 152 valence electrons. The molecule has 0 saturated carbocycles. The zero-order valence-corrected chi connectivity index (χ0v) is 15.8. The molecule has 0 aliphatic heterocycles. The summed E-state index contributed by atoms with van der Waals surface area (Å²) in [5, 5.41) is 2.80. The Balaban J connectivity index is 2.01. The third-order valence-electron chi connectivity index (χ3n) is 4.08. The molecule has 0 bridgehead atoms. The van der Waals surface area contributed by atoms with Crippen molar-refractivity contribution in [3.05, 3.63) is 53.6 Å². The second-order valence-corrected chi connectivity index (χ2v) is 5.96. The van der Waals surface area contributed by atoms with Crippen LogP contribution in [0.1, 0.15) is 30.5 Å². The van der Waals surface area contributed by atoms with Gasteiger partial charge in [-0.3, -0.25) is 4.79 Å². The summed E-state index contributed by atoms with van der Waals surface area (Å²) >= 11 is 0. The fourth-order valence-electron chi connectivity index (χ4n) is 2.64. The number of hydrogen-bond donors (Lipinski definition) is 1. The number of halogens is 3. The van der Waals surface area contributed by atoms with Gasteiger partial charge in [0.1, 0.15) is 5.75 Å². The number of amides is 1. The lowest BCUT2D eigenvalue weighted by molar-refractivity contribution is -0.137. The Kier molecular flexibility index (Phi) is 7.14. The van der Waals surface area contributed by atoms with Gasteiger partial charge in [0.15, 0.2) is 18.1 Å². The van der Waals surface area contributed by atoms with Crippen LogP contribution in [0.4, 0.5) is 13.2 Å². The fraction of sp³-hybridized carbons (Fsp3) is 0.350. The number of carbonyl (C=O) groups is 1. The molecule has 1 atom stereocenters. The predicted octanol–water partition coefficient (Wildman–Crippen LogP) is 4.37. The van der Waals surface area contributed by atoms with Crippen molar-refractivity contribution in [2.75, 3.05) is 20.8 Å². The van der Waals surface area contributed by atoms with Gasteiger partial charge in [0.05, 0.1) is 25.8 Å². The quantitative estimate of drug-likeness (QED) is 0.719. The molecular weight excluding hydrogens is 375 g/mol. The highest BCUT2D eigenvalue weighted by Crippen LogP contribution is 2.32. The van der Waals surface area contributed by atoms with Gasteiger partial charge in [-0.1, -0.05) is 19.1 Å². The van der Waals surface area contributed by atoms with Crippen molar-refractivity contribution in [3.63, 3.8) is 0 Å². The van der Waals surface area contributed by atoms with Gasteiger partial charge in [-0.15, -0.1) is 0 Å². The molecule has 0 spiro atoms. The zero-order chi connectivity index (χ0) is 20.7. The van der Waals surface area contributed by atoms with E-state index in [1.807, 2.05) is 13.0 Å². The number of alkyl halides is 3. The molecule has 2 rings (SSSR count).